The van der Waals surface area contributed by atoms with E-state index in [1.807, 2.05) is 20.8 Å². The molecular formula is C22H49N2O9P4S3+. The fourth-order valence-electron chi connectivity index (χ4n) is 3.11. The third-order valence-corrected chi connectivity index (χ3v) is 4.40. The largest absolute Gasteiger partial charge is 0.444 e. The molecule has 18 heteroatoms. The molecule has 2 aliphatic heterocycles. The average Bonchev–Trinajstić information content (AvgIpc) is 3.47. The summed E-state index contributed by atoms with van der Waals surface area (Å²) in [5, 5.41) is 16.6. The van der Waals surface area contributed by atoms with E-state index >= 15 is 0 Å². The van der Waals surface area contributed by atoms with E-state index in [0.29, 0.717) is 34.5 Å². The summed E-state index contributed by atoms with van der Waals surface area (Å²) >= 11 is 4.31. The number of rotatable bonds is 1. The molecule has 6 atom stereocenters. The Labute approximate surface area is 264 Å². The second-order valence-corrected chi connectivity index (χ2v) is 13.8. The van der Waals surface area contributed by atoms with Gasteiger partial charge in [-0.05, 0) is 97.1 Å². The van der Waals surface area contributed by atoms with Crippen molar-refractivity contribution in [1.82, 2.24) is 9.80 Å². The molecule has 4 unspecified atom stereocenters. The molecule has 2 aliphatic rings. The molecule has 2 saturated heterocycles. The molecule has 2 N–H and O–H groups in total. The lowest BCUT2D eigenvalue weighted by Gasteiger charge is -2.30. The molecule has 40 heavy (non-hydrogen) atoms. The highest BCUT2D eigenvalue weighted by molar-refractivity contribution is 8.24. The number of ether oxygens (including phenoxy) is 3. The molecule has 0 radical (unpaired) electrons. The van der Waals surface area contributed by atoms with Gasteiger partial charge in [0.2, 0.25) is 0 Å². The number of amides is 2. The zero-order chi connectivity index (χ0) is 35.0. The number of hydrogen-bond donors (Lipinski definition) is 2. The first kappa shape index (κ1) is 40.0. The Balaban J connectivity index is -0.000000259. The van der Waals surface area contributed by atoms with Crippen LogP contribution in [0.2, 0.25) is 0 Å². The van der Waals surface area contributed by atoms with Gasteiger partial charge in [-0.25, -0.2) is 18.0 Å². The Kier molecular flexibility index (Phi) is 26.6. The Morgan fingerprint density at radius 3 is 1.60 bits per heavy atom. The van der Waals surface area contributed by atoms with Crippen LogP contribution in [0.5, 0.6) is 0 Å². The molecule has 238 valence electrons. The van der Waals surface area contributed by atoms with Crippen LogP contribution in [-0.4, -0.2) is 91.9 Å². The summed E-state index contributed by atoms with van der Waals surface area (Å²) < 4.78 is 54.4. The minimum absolute atomic E-state index is 0.0835. The minimum Gasteiger partial charge on any atom is -0.444 e. The molecule has 2 fully saturated rings. The Morgan fingerprint density at radius 1 is 0.950 bits per heavy atom. The van der Waals surface area contributed by atoms with Crippen LogP contribution in [-0.2, 0) is 47.7 Å². The minimum atomic E-state index is -0.870. The van der Waals surface area contributed by atoms with Crippen molar-refractivity contribution in [1.29, 1.82) is 1.28 Å². The van der Waals surface area contributed by atoms with Crippen LogP contribution < -0.4 is 0 Å². The molecule has 0 spiro atoms. The molecule has 0 aliphatic carbocycles. The van der Waals surface area contributed by atoms with E-state index in [1.165, 1.54) is 4.90 Å². The first-order chi connectivity index (χ1) is 19.8. The summed E-state index contributed by atoms with van der Waals surface area (Å²) in [5.41, 5.74) is -1.07. The zero-order valence-electron chi connectivity index (χ0n) is 27.4. The number of likely N-dealkylation sites (tertiary alicyclic amines) is 2. The van der Waals surface area contributed by atoms with Gasteiger partial charge in [0.1, 0.15) is 45.3 Å². The van der Waals surface area contributed by atoms with Crippen molar-refractivity contribution in [2.24, 2.45) is 0 Å². The van der Waals surface area contributed by atoms with Crippen LogP contribution in [0, 0.1) is 0 Å². The summed E-state index contributed by atoms with van der Waals surface area (Å²) in [7, 11) is 10.5. The molecule has 0 aromatic heterocycles. The number of carbonyl (C=O) groups is 2. The van der Waals surface area contributed by atoms with E-state index in [-0.39, 0.29) is 38.2 Å². The summed E-state index contributed by atoms with van der Waals surface area (Å²) in [6.45, 7) is 10.3. The van der Waals surface area contributed by atoms with E-state index in [4.69, 9.17) is 31.8 Å². The molecule has 2 amide bonds. The predicted molar refractivity (Wildman–Crippen MR) is 177 cm³/mol. The van der Waals surface area contributed by atoms with Gasteiger partial charge in [-0.3, -0.25) is 9.80 Å². The molecule has 2 heterocycles. The average molecular weight is 712 g/mol. The van der Waals surface area contributed by atoms with Crippen molar-refractivity contribution in [2.75, 3.05) is 14.2 Å². The van der Waals surface area contributed by atoms with Crippen LogP contribution in [0.25, 0.3) is 0 Å². The lowest BCUT2D eigenvalue weighted by molar-refractivity contribution is -0.0398. The van der Waals surface area contributed by atoms with Gasteiger partial charge in [0.05, 0.1) is 8.93 Å². The third-order valence-electron chi connectivity index (χ3n) is 4.40. The second kappa shape index (κ2) is 26.6. The number of methoxy groups -OCH3 is 1. The molecular weight excluding hydrogens is 656 g/mol. The molecule has 0 aromatic carbocycles. The monoisotopic (exact) mass is 711 g/mol. The van der Waals surface area contributed by atoms with Crippen LogP contribution >= 0.6 is 31.9 Å². The second-order valence-electron chi connectivity index (χ2n) is 9.68. The summed E-state index contributed by atoms with van der Waals surface area (Å²) in [6, 6.07) is -0.297. The Morgan fingerprint density at radius 2 is 1.27 bits per heavy atom. The van der Waals surface area contributed by atoms with Crippen molar-refractivity contribution in [3.63, 3.8) is 0 Å². The highest BCUT2D eigenvalue weighted by Crippen LogP contribution is 2.26. The van der Waals surface area contributed by atoms with Gasteiger partial charge in [0.15, 0.2) is 18.8 Å². The number of aliphatic hydroxyl groups is 2. The lowest BCUT2D eigenvalue weighted by Crippen LogP contribution is -2.43. The zero-order valence-corrected chi connectivity index (χ0v) is 30.9. The lowest BCUT2D eigenvalue weighted by atomic mass is 10.2. The van der Waals surface area contributed by atoms with Crippen molar-refractivity contribution in [3.05, 3.63) is 0 Å². The molecule has 0 aromatic rings. The van der Waals surface area contributed by atoms with Gasteiger partial charge in [0.25, 0.3) is 0 Å². The predicted octanol–water partition coefficient (Wildman–Crippen LogP) is 5.14. The fourth-order valence-corrected chi connectivity index (χ4v) is 3.11. The van der Waals surface area contributed by atoms with Crippen LogP contribution in [0.15, 0.2) is 0 Å². The standard InChI is InChI=1S/C11H21NO3.C10H19NO3.CH4O.2HOPS.H2P2S/c1-8-6-7-9(14-5)12(8)10(13)15-11(2,3)4;1-7-5-6-8(12)11(7)9(13)14-10(2,3)4;1-2;2*1-3-2;1-2-3/h8-9H,6-7H2,1-5H3;7-8,12H,5-6H2,1-4H3;2H,1H3;2*2H;1H2/p+1/t8-,9?;7-,8?;;;;/m11..../s1/i2*1T;;;;/hT. The number of nitrogens with zero attached hydrogens (tertiary/aromatic N) is 2. The van der Waals surface area contributed by atoms with Crippen molar-refractivity contribution in [2.45, 2.75) is 117 Å². The topological polar surface area (TPSA) is 143 Å². The molecule has 0 bridgehead atoms. The number of aliphatic hydroxyl groups excluding tert-OH is 2. The normalized spacial score (nSPS) is 22.4. The maximum absolute atomic E-state index is 11.9. The van der Waals surface area contributed by atoms with E-state index in [0.717, 1.165) is 20.0 Å². The Bertz CT molecular complexity index is 851. The first-order valence-corrected chi connectivity index (χ1v) is 19.1. The van der Waals surface area contributed by atoms with E-state index in [2.05, 4.69) is 36.8 Å². The number of hydrogen-bond acceptors (Lipinski definition) is 10. The van der Waals surface area contributed by atoms with Gasteiger partial charge in [-0.15, -0.1) is 0 Å². The summed E-state index contributed by atoms with van der Waals surface area (Å²) in [6.07, 6.45) is 0.840. The van der Waals surface area contributed by atoms with Gasteiger partial charge < -0.3 is 24.4 Å². The fraction of sp³-hybridized carbons (Fsp3) is 0.909. The van der Waals surface area contributed by atoms with Crippen LogP contribution in [0.3, 0.4) is 0 Å². The highest BCUT2D eigenvalue weighted by Gasteiger charge is 2.37. The van der Waals surface area contributed by atoms with Gasteiger partial charge in [0, 0.05) is 29.0 Å². The van der Waals surface area contributed by atoms with E-state index in [9.17, 15) is 14.7 Å². The molecule has 2 rings (SSSR count). The van der Waals surface area contributed by atoms with E-state index in [1.54, 1.807) is 32.8 Å². The van der Waals surface area contributed by atoms with Gasteiger partial charge in [-0.1, -0.05) is 0 Å². The quantitative estimate of drug-likeness (QED) is 0.351. The van der Waals surface area contributed by atoms with Gasteiger partial charge >= 0.3 is 13.5 Å². The summed E-state index contributed by atoms with van der Waals surface area (Å²) in [4.78, 5) is 26.5. The smallest absolute Gasteiger partial charge is 0.412 e. The third kappa shape index (κ3) is 24.6. The maximum atomic E-state index is 11.9. The molecule has 11 nitrogen and oxygen atoms in total. The molecule has 0 saturated carbocycles. The van der Waals surface area contributed by atoms with Crippen molar-refractivity contribution >= 4 is 77.6 Å². The van der Waals surface area contributed by atoms with E-state index < -0.39 is 30.5 Å². The van der Waals surface area contributed by atoms with Crippen molar-refractivity contribution < 1.29 is 45.2 Å². The Hall–Kier alpha value is 0.01000. The van der Waals surface area contributed by atoms with Crippen LogP contribution in [0.1, 0.15) is 83.8 Å². The van der Waals surface area contributed by atoms with Crippen molar-refractivity contribution in [3.8, 4) is 0 Å². The maximum Gasteiger partial charge on any atom is 0.412 e. The highest BCUT2D eigenvalue weighted by atomic mass is 32.6. The SMILES string of the molecule is CO.O=S=P.O=S=P.[3H]C[C@@H]1CCC(O)N1C(=O)OC(C)(C)C.[3H]C[C@@H]1CCC(OC)N1C(=O)OC(C)(C)C.[3H][P+](P)=S. The first-order valence-electron chi connectivity index (χ1n) is 13.5. The summed E-state index contributed by atoms with van der Waals surface area (Å²) in [5.74, 6) is 0. The number of carbonyl (C=O) groups excluding carboxylic acids is 2. The van der Waals surface area contributed by atoms with Crippen LogP contribution in [0.4, 0.5) is 9.59 Å². The van der Waals surface area contributed by atoms with Gasteiger partial charge in [-0.2, -0.15) is 0 Å².